The fraction of sp³-hybridized carbons (Fsp3) is 0.143. The molecule has 0 aromatic heterocycles. The van der Waals surface area contributed by atoms with E-state index in [1.54, 1.807) is 303 Å². The highest BCUT2D eigenvalue weighted by atomic mass is 32.2. The lowest BCUT2D eigenvalue weighted by molar-refractivity contribution is -0.138. The van der Waals surface area contributed by atoms with Gasteiger partial charge >= 0.3 is 23.9 Å². The molecule has 0 radical (unpaired) electrons. The molecule has 4 aliphatic heterocycles. The molecule has 0 N–H and O–H groups in total. The fourth-order valence-electron chi connectivity index (χ4n) is 30.0. The minimum Gasteiger partial charge on any atom is -0.465 e. The summed E-state index contributed by atoms with van der Waals surface area (Å²) in [5.74, 6) is -2.04. The Balaban J connectivity index is 0.801. The fourth-order valence-corrected chi connectivity index (χ4v) is 41.4. The zero-order valence-corrected chi connectivity index (χ0v) is 57.9. The first-order chi connectivity index (χ1) is 49.2. The summed E-state index contributed by atoms with van der Waals surface area (Å²) in [5.41, 5.74) is 14.6. The molecule has 16 heteroatoms. The number of methoxy groups -OCH3 is 4. The molecule has 0 saturated heterocycles. The lowest BCUT2D eigenvalue weighted by Gasteiger charge is -2.63. The van der Waals surface area contributed by atoms with Gasteiger partial charge in [-0.15, -0.1) is 0 Å². The van der Waals surface area contributed by atoms with Crippen molar-refractivity contribution in [3.8, 4) is 0 Å². The second-order valence-corrected chi connectivity index (χ2v) is 41.8. The first-order valence-corrected chi connectivity index (χ1v) is 40.9. The molecule has 4 atom stereocenters. The van der Waals surface area contributed by atoms with E-state index in [1.807, 2.05) is 47.0 Å². The summed E-state index contributed by atoms with van der Waals surface area (Å²) >= 11 is 13.3. The van der Waals surface area contributed by atoms with Crippen molar-refractivity contribution in [1.29, 1.82) is 0 Å². The number of benzene rings is 16. The standard InChI is InChI=1S/C84H20O8S8/c1-89-73(85)69-70(74(86)90-2)98-79(97-69)77-93-9-5-81-61-49-41-33-25-17-14-13-15-20-24-18(13)26-22-16(14)19-23(17)35(41)43-37-28(19)32-30(22)40-34(26)42-36(24)44-38-27(20)31-29(21(15)25)39(33)53(61)55-45(31)48(38)58-59(65(55)81)68-67-60-57(63(51(43)49)83(67,81)7-11(9)95-77)47(37)46(32)56-54(40)62-50(42)52(44)64(58)84(68)8-12-10(6-82(62,84)66(56)60)94-78(96-12)80-99-71(75(87)91-3)72(100-80)76(88)92-4/h5-8H2,1-4H3. The lowest BCUT2D eigenvalue weighted by Crippen LogP contribution is -2.59. The van der Waals surface area contributed by atoms with Crippen molar-refractivity contribution < 1.29 is 38.1 Å². The van der Waals surface area contributed by atoms with Crippen molar-refractivity contribution in [1.82, 2.24) is 0 Å². The normalized spacial score (nSPS) is 26.6. The van der Waals surface area contributed by atoms with E-state index in [9.17, 15) is 19.2 Å². The van der Waals surface area contributed by atoms with Gasteiger partial charge in [-0.3, -0.25) is 0 Å². The van der Waals surface area contributed by atoms with Gasteiger partial charge in [0, 0.05) is 41.3 Å². The number of thioether (sulfide) groups is 8. The Morgan fingerprint density at radius 1 is 0.220 bits per heavy atom. The van der Waals surface area contributed by atoms with Crippen molar-refractivity contribution in [2.75, 3.05) is 28.4 Å². The zero-order valence-electron chi connectivity index (χ0n) is 51.4. The molecule has 14 aliphatic rings. The van der Waals surface area contributed by atoms with E-state index in [2.05, 4.69) is 0 Å². The molecule has 0 fully saturated rings. The summed E-state index contributed by atoms with van der Waals surface area (Å²) < 4.78 is 25.8. The smallest absolute Gasteiger partial charge is 0.346 e. The first kappa shape index (κ1) is 46.4. The van der Waals surface area contributed by atoms with Crippen molar-refractivity contribution >= 4 is 377 Å². The van der Waals surface area contributed by atoms with Crippen LogP contribution in [0, 0.1) is 0 Å². The lowest BCUT2D eigenvalue weighted by atomic mass is 9.38. The average molecular weight is 1410 g/mol. The molecule has 8 nitrogen and oxygen atoms in total. The largest absolute Gasteiger partial charge is 0.465 e. The summed E-state index contributed by atoms with van der Waals surface area (Å²) in [7, 11) is 5.61. The molecule has 4 heterocycles. The van der Waals surface area contributed by atoms with Crippen molar-refractivity contribution in [3.05, 3.63) is 101 Å². The predicted octanol–water partition coefficient (Wildman–Crippen LogP) is 22.1. The molecule has 38 rings (SSSR count). The van der Waals surface area contributed by atoms with Gasteiger partial charge in [0.05, 0.1) is 45.4 Å². The highest BCUT2D eigenvalue weighted by molar-refractivity contribution is 8.35. The Labute approximate surface area is 586 Å². The second-order valence-electron chi connectivity index (χ2n) is 32.3. The molecule has 0 amide bonds. The monoisotopic (exact) mass is 1410 g/mol. The number of hydrogen-bond acceptors (Lipinski definition) is 16. The molecule has 0 bridgehead atoms. The van der Waals surface area contributed by atoms with E-state index in [4.69, 9.17) is 18.9 Å². The Kier molecular flexibility index (Phi) is 5.54. The number of allylic oxidation sites excluding steroid dienone is 6. The molecule has 4 spiro atoms. The van der Waals surface area contributed by atoms with Gasteiger partial charge in [0.25, 0.3) is 0 Å². The molecule has 24 aromatic carbocycles. The number of ether oxygens (including phenoxy) is 4. The van der Waals surface area contributed by atoms with Crippen molar-refractivity contribution in [3.63, 3.8) is 0 Å². The number of hydrogen-bond donors (Lipinski definition) is 0. The SMILES string of the molecule is COC(=O)C1=C(C(=O)OC)SC(=C2SC3=C(CC45c6c7c8c9c%10c%11c%12c%13c%14c%15c%16c%17c(c%18c%19c4c4c6c6c8c8c%10c%10c%11c%11c%13c%13c%20c%14c%17c%14c%18c%17c%19c%18c4c4c6c8c6c%10c8c%11c%13c%10c(c%14%20)c%17c%11c%18c4c6c8c%11%10)C5(C3)C%16=C7C93CC4=C(CC%15%123)SC(=C3SC(C(=O)OC)=C(C(=O)OC)S3)S4)S2)S1. The van der Waals surface area contributed by atoms with Crippen molar-refractivity contribution in [2.24, 2.45) is 0 Å². The van der Waals surface area contributed by atoms with Crippen molar-refractivity contribution in [2.45, 2.75) is 47.3 Å². The summed E-state index contributed by atoms with van der Waals surface area (Å²) in [6, 6.07) is 0. The zero-order chi connectivity index (χ0) is 62.9. The second kappa shape index (κ2) is 11.9. The molecule has 4 unspecified atom stereocenters. The quantitative estimate of drug-likeness (QED) is 0.0947. The van der Waals surface area contributed by atoms with Crippen LogP contribution in [-0.4, -0.2) is 52.3 Å². The van der Waals surface area contributed by atoms with Gasteiger partial charge in [0.1, 0.15) is 19.6 Å². The van der Waals surface area contributed by atoms with Crippen LogP contribution in [0.3, 0.4) is 0 Å². The summed E-state index contributed by atoms with van der Waals surface area (Å²) in [6.07, 6.45) is 3.48. The molecule has 0 saturated carbocycles. The molecule has 452 valence electrons. The highest BCUT2D eigenvalue weighted by Gasteiger charge is 2.80. The number of carbonyl (C=O) groups excluding carboxylic acids is 4. The third-order valence-corrected chi connectivity index (χ3v) is 42.6. The maximum atomic E-state index is 13.8. The number of rotatable bonds is 4. The molecular weight excluding hydrogens is 1390 g/mol. The summed E-state index contributed by atoms with van der Waals surface area (Å²) in [6.45, 7) is 0. The summed E-state index contributed by atoms with van der Waals surface area (Å²) in [4.78, 5) is 62.1. The molecule has 100 heavy (non-hydrogen) atoms. The number of esters is 4. The van der Waals surface area contributed by atoms with Crippen LogP contribution in [0.5, 0.6) is 0 Å². The van der Waals surface area contributed by atoms with Gasteiger partial charge in [-0.1, -0.05) is 94.1 Å². The topological polar surface area (TPSA) is 105 Å². The Bertz CT molecular complexity index is 8500. The first-order valence-electron chi connectivity index (χ1n) is 34.4. The molecule has 24 aromatic rings. The van der Waals surface area contributed by atoms with Gasteiger partial charge in [-0.2, -0.15) is 0 Å². The van der Waals surface area contributed by atoms with Crippen LogP contribution in [0.4, 0.5) is 0 Å². The van der Waals surface area contributed by atoms with E-state index >= 15 is 0 Å². The molecule has 10 aliphatic carbocycles. The average Bonchev–Trinajstić information content (AvgIpc) is 1.37. The third-order valence-electron chi connectivity index (χ3n) is 31.1. The van der Waals surface area contributed by atoms with Crippen LogP contribution in [0.1, 0.15) is 70.2 Å². The minimum absolute atomic E-state index is 0.303. The van der Waals surface area contributed by atoms with Gasteiger partial charge in [-0.25, -0.2) is 19.2 Å². The predicted molar refractivity (Wildman–Crippen MR) is 416 cm³/mol. The Morgan fingerprint density at radius 3 is 0.610 bits per heavy atom. The maximum absolute atomic E-state index is 13.8. The van der Waals surface area contributed by atoms with E-state index in [0.29, 0.717) is 19.6 Å². The maximum Gasteiger partial charge on any atom is 0.346 e. The van der Waals surface area contributed by atoms with Gasteiger partial charge in [0.2, 0.25) is 0 Å². The van der Waals surface area contributed by atoms with Crippen LogP contribution < -0.4 is 0 Å². The van der Waals surface area contributed by atoms with Crippen LogP contribution in [0.2, 0.25) is 0 Å². The van der Waals surface area contributed by atoms with Gasteiger partial charge in [0.15, 0.2) is 0 Å². The van der Waals surface area contributed by atoms with E-state index in [1.165, 1.54) is 95.1 Å². The third kappa shape index (κ3) is 3.11. The van der Waals surface area contributed by atoms with E-state index < -0.39 is 45.5 Å². The Hall–Kier alpha value is -8.16. The molecular formula is C84H20O8S8. The highest BCUT2D eigenvalue weighted by Crippen LogP contribution is 2.94. The summed E-state index contributed by atoms with van der Waals surface area (Å²) in [5, 5.41) is 72.9. The number of carbonyl (C=O) groups is 4. The van der Waals surface area contributed by atoms with Crippen LogP contribution in [0.25, 0.3) is 259 Å². The van der Waals surface area contributed by atoms with Gasteiger partial charge in [-0.05, 0) is 329 Å². The van der Waals surface area contributed by atoms with E-state index in [-0.39, 0.29) is 0 Å². The Morgan fingerprint density at radius 2 is 0.390 bits per heavy atom. The van der Waals surface area contributed by atoms with E-state index in [0.717, 1.165) is 42.6 Å². The minimum atomic E-state index is -0.510. The van der Waals surface area contributed by atoms with Crippen LogP contribution >= 0.6 is 94.1 Å². The van der Waals surface area contributed by atoms with Crippen LogP contribution in [-0.2, 0) is 59.8 Å². The van der Waals surface area contributed by atoms with Crippen LogP contribution in [0.15, 0.2) is 56.2 Å². The van der Waals surface area contributed by atoms with Gasteiger partial charge < -0.3 is 18.9 Å².